The van der Waals surface area contributed by atoms with E-state index in [4.69, 9.17) is 20.5 Å². The summed E-state index contributed by atoms with van der Waals surface area (Å²) in [4.78, 5) is 12.6. The van der Waals surface area contributed by atoms with Gasteiger partial charge in [0.05, 0.1) is 17.6 Å². The first-order chi connectivity index (χ1) is 17.8. The van der Waals surface area contributed by atoms with Crippen molar-refractivity contribution in [1.29, 1.82) is 0 Å². The molecule has 3 aromatic carbocycles. The fourth-order valence-electron chi connectivity index (χ4n) is 3.92. The number of benzene rings is 3. The van der Waals surface area contributed by atoms with Crippen LogP contribution in [0.25, 0.3) is 32.7 Å². The number of thiophene rings is 1. The Kier molecular flexibility index (Phi) is 6.92. The molecule has 0 bridgehead atoms. The summed E-state index contributed by atoms with van der Waals surface area (Å²) in [6.45, 7) is 1.62. The molecule has 10 heteroatoms. The highest BCUT2D eigenvalue weighted by Crippen LogP contribution is 2.49. The standard InChI is InChI=1S/C27H20ClFNO5PS/c1-2-34-36(33,24-12-11-19(28)14-20(24)29)30-21-15-25(37-26(21)27(31)32)17-9-7-16(8-10-17)23-13-18-5-3-4-6-22(18)35-23/h3-15H,2H2,1H3,(H,30,33)(H,31,32). The Bertz CT molecular complexity index is 1630. The largest absolute Gasteiger partial charge is 0.477 e. The van der Waals surface area contributed by atoms with Crippen molar-refractivity contribution in [3.05, 3.63) is 94.6 Å². The van der Waals surface area contributed by atoms with Crippen LogP contribution in [0.2, 0.25) is 5.02 Å². The topological polar surface area (TPSA) is 88.8 Å². The van der Waals surface area contributed by atoms with Crippen LogP contribution < -0.4 is 10.4 Å². The average molecular weight is 556 g/mol. The van der Waals surface area contributed by atoms with Gasteiger partial charge in [-0.2, -0.15) is 0 Å². The number of halogens is 2. The summed E-state index contributed by atoms with van der Waals surface area (Å²) >= 11 is 6.85. The number of nitrogens with one attached hydrogen (secondary N) is 1. The van der Waals surface area contributed by atoms with Gasteiger partial charge in [0.2, 0.25) is 0 Å². The highest BCUT2D eigenvalue weighted by molar-refractivity contribution is 7.68. The number of rotatable bonds is 8. The van der Waals surface area contributed by atoms with Gasteiger partial charge >= 0.3 is 13.5 Å². The Balaban J connectivity index is 1.48. The molecular formula is C27H20ClFNO5PS. The third-order valence-electron chi connectivity index (χ3n) is 5.61. The Morgan fingerprint density at radius 2 is 1.81 bits per heavy atom. The van der Waals surface area contributed by atoms with Crippen LogP contribution in [0.1, 0.15) is 16.6 Å². The van der Waals surface area contributed by atoms with E-state index in [0.717, 1.165) is 45.3 Å². The van der Waals surface area contributed by atoms with Crippen molar-refractivity contribution in [2.24, 2.45) is 0 Å². The number of aromatic carboxylic acids is 1. The maximum Gasteiger partial charge on any atom is 0.348 e. The van der Waals surface area contributed by atoms with Crippen LogP contribution in [-0.4, -0.2) is 17.7 Å². The normalized spacial score (nSPS) is 12.9. The molecule has 0 saturated heterocycles. The van der Waals surface area contributed by atoms with Crippen LogP contribution in [0.5, 0.6) is 0 Å². The average Bonchev–Trinajstić information content (AvgIpc) is 3.48. The summed E-state index contributed by atoms with van der Waals surface area (Å²) in [5.41, 5.74) is 2.48. The summed E-state index contributed by atoms with van der Waals surface area (Å²) in [7, 11) is -4.01. The van der Waals surface area contributed by atoms with E-state index >= 15 is 0 Å². The molecular weight excluding hydrogens is 536 g/mol. The van der Waals surface area contributed by atoms with Gasteiger partial charge in [-0.15, -0.1) is 11.3 Å². The number of hydrogen-bond donors (Lipinski definition) is 2. The third-order valence-corrected chi connectivity index (χ3v) is 9.17. The predicted molar refractivity (Wildman–Crippen MR) is 146 cm³/mol. The minimum atomic E-state index is -4.01. The van der Waals surface area contributed by atoms with E-state index in [-0.39, 0.29) is 27.5 Å². The zero-order valence-electron chi connectivity index (χ0n) is 19.4. The van der Waals surface area contributed by atoms with Gasteiger partial charge in [-0.1, -0.05) is 54.1 Å². The molecule has 188 valence electrons. The van der Waals surface area contributed by atoms with Gasteiger partial charge in [-0.3, -0.25) is 4.57 Å². The van der Waals surface area contributed by atoms with Gasteiger partial charge in [-0.05, 0) is 48.9 Å². The monoisotopic (exact) mass is 555 g/mol. The molecule has 5 rings (SSSR count). The quantitative estimate of drug-likeness (QED) is 0.187. The van der Waals surface area contributed by atoms with E-state index in [0.29, 0.717) is 4.88 Å². The van der Waals surface area contributed by atoms with Crippen LogP contribution in [0.3, 0.4) is 0 Å². The number of hydrogen-bond acceptors (Lipinski definition) is 5. The summed E-state index contributed by atoms with van der Waals surface area (Å²) in [5, 5.41) is 13.4. The zero-order chi connectivity index (χ0) is 26.2. The zero-order valence-corrected chi connectivity index (χ0v) is 21.9. The number of carboxylic acid groups (broad SMARTS) is 1. The van der Waals surface area contributed by atoms with E-state index in [1.54, 1.807) is 13.0 Å². The van der Waals surface area contributed by atoms with Crippen LogP contribution in [-0.2, 0) is 9.09 Å². The van der Waals surface area contributed by atoms with E-state index in [2.05, 4.69) is 5.09 Å². The predicted octanol–water partition coefficient (Wildman–Crippen LogP) is 8.29. The highest BCUT2D eigenvalue weighted by atomic mass is 35.5. The first-order valence-electron chi connectivity index (χ1n) is 11.2. The number of carboxylic acids is 1. The lowest BCUT2D eigenvalue weighted by Gasteiger charge is -2.20. The second-order valence-electron chi connectivity index (χ2n) is 8.06. The first kappa shape index (κ1) is 25.2. The number of anilines is 1. The van der Waals surface area contributed by atoms with Crippen LogP contribution in [0.15, 0.2) is 83.3 Å². The maximum atomic E-state index is 14.6. The van der Waals surface area contributed by atoms with Crippen LogP contribution in [0.4, 0.5) is 10.1 Å². The summed E-state index contributed by atoms with van der Waals surface area (Å²) in [5.74, 6) is -1.31. The molecule has 1 atom stereocenters. The van der Waals surface area contributed by atoms with Crippen molar-refractivity contribution in [3.63, 3.8) is 0 Å². The van der Waals surface area contributed by atoms with Crippen molar-refractivity contribution in [1.82, 2.24) is 0 Å². The molecule has 2 N–H and O–H groups in total. The minimum absolute atomic E-state index is 0.00892. The lowest BCUT2D eigenvalue weighted by molar-refractivity contribution is 0.0703. The highest BCUT2D eigenvalue weighted by Gasteiger charge is 2.32. The molecule has 6 nitrogen and oxygen atoms in total. The van der Waals surface area contributed by atoms with Gasteiger partial charge in [0, 0.05) is 20.8 Å². The second kappa shape index (κ2) is 10.1. The first-order valence-corrected chi connectivity index (χ1v) is 14.0. The van der Waals surface area contributed by atoms with Gasteiger partial charge in [0.25, 0.3) is 0 Å². The van der Waals surface area contributed by atoms with E-state index in [1.165, 1.54) is 12.1 Å². The molecule has 2 heterocycles. The lowest BCUT2D eigenvalue weighted by atomic mass is 10.1. The van der Waals surface area contributed by atoms with E-state index in [1.807, 2.05) is 54.6 Å². The second-order valence-corrected chi connectivity index (χ2v) is 11.6. The van der Waals surface area contributed by atoms with Crippen LogP contribution in [0, 0.1) is 5.82 Å². The molecule has 1 unspecified atom stereocenters. The SMILES string of the molecule is CCOP(=O)(Nc1cc(-c2ccc(-c3cc4ccccc4o3)cc2)sc1C(=O)O)c1ccc(Cl)cc1F. The molecule has 5 aromatic rings. The van der Waals surface area contributed by atoms with Gasteiger partial charge < -0.3 is 19.1 Å². The number of carbonyl (C=O) groups is 1. The molecule has 37 heavy (non-hydrogen) atoms. The van der Waals surface area contributed by atoms with Gasteiger partial charge in [0.15, 0.2) is 0 Å². The Morgan fingerprint density at radius 3 is 2.49 bits per heavy atom. The molecule has 0 radical (unpaired) electrons. The molecule has 0 fully saturated rings. The molecule has 0 aliphatic heterocycles. The fraction of sp³-hybridized carbons (Fsp3) is 0.0741. The fourth-order valence-corrected chi connectivity index (χ4v) is 6.91. The van der Waals surface area contributed by atoms with E-state index in [9.17, 15) is 18.9 Å². The summed E-state index contributed by atoms with van der Waals surface area (Å²) in [6.07, 6.45) is 0. The molecule has 2 aromatic heterocycles. The molecule has 0 aliphatic carbocycles. The van der Waals surface area contributed by atoms with Gasteiger partial charge in [0.1, 0.15) is 22.0 Å². The van der Waals surface area contributed by atoms with Crippen molar-refractivity contribution >= 4 is 58.4 Å². The Labute approximate surface area is 220 Å². The Hall–Kier alpha value is -3.42. The smallest absolute Gasteiger partial charge is 0.348 e. The molecule has 0 saturated carbocycles. The third kappa shape index (κ3) is 5.06. The summed E-state index contributed by atoms with van der Waals surface area (Å²) < 4.78 is 39.7. The van der Waals surface area contributed by atoms with E-state index < -0.39 is 19.3 Å². The van der Waals surface area contributed by atoms with Crippen molar-refractivity contribution < 1.29 is 27.8 Å². The van der Waals surface area contributed by atoms with Gasteiger partial charge in [-0.25, -0.2) is 9.18 Å². The molecule has 0 amide bonds. The molecule has 0 aliphatic rings. The maximum absolute atomic E-state index is 14.6. The molecule has 0 spiro atoms. The van der Waals surface area contributed by atoms with Crippen molar-refractivity contribution in [3.8, 4) is 21.8 Å². The van der Waals surface area contributed by atoms with Crippen LogP contribution >= 0.6 is 30.5 Å². The number of fused-ring (bicyclic) bond motifs is 1. The number of furan rings is 1. The van der Waals surface area contributed by atoms with Crippen molar-refractivity contribution in [2.75, 3.05) is 11.7 Å². The lowest BCUT2D eigenvalue weighted by Crippen LogP contribution is -2.18. The number of para-hydroxylation sites is 1. The Morgan fingerprint density at radius 1 is 1.08 bits per heavy atom. The van der Waals surface area contributed by atoms with Crippen molar-refractivity contribution in [2.45, 2.75) is 6.92 Å². The minimum Gasteiger partial charge on any atom is -0.477 e. The summed E-state index contributed by atoms with van der Waals surface area (Å²) in [6, 6.07) is 22.4.